The average Bonchev–Trinajstić information content (AvgIpc) is 3.19. The maximum absolute atomic E-state index is 13.6. The molecule has 5 atom stereocenters. The summed E-state index contributed by atoms with van der Waals surface area (Å²) in [6.07, 6.45) is 5.69. The van der Waals surface area contributed by atoms with Crippen molar-refractivity contribution < 1.29 is 43.1 Å². The standard InChI is InChI=1S/C29H41NO9/c1-18-11-12-22(32)27-25(38-29(4,5)39-27)10-7-9-21-23(35-16-8-15-30-20(3)31)13-14-24(36-17-34-6)26(21)28(33)37-19(18)2/h7,9,11-14,18-19,22,25,27,32H,8,10,15-17H2,1-6H3,(H,30,31)/b9-7+,12-11-/t18-,19+,22?,25+,27-/m1/s1. The van der Waals surface area contributed by atoms with Crippen LogP contribution in [0.3, 0.4) is 0 Å². The van der Waals surface area contributed by atoms with E-state index in [9.17, 15) is 14.7 Å². The Morgan fingerprint density at radius 2 is 1.90 bits per heavy atom. The maximum Gasteiger partial charge on any atom is 0.342 e. The molecule has 3 rings (SSSR count). The van der Waals surface area contributed by atoms with E-state index in [1.54, 1.807) is 31.2 Å². The molecule has 216 valence electrons. The van der Waals surface area contributed by atoms with Crippen molar-refractivity contribution in [2.24, 2.45) is 5.92 Å². The Morgan fingerprint density at radius 3 is 2.62 bits per heavy atom. The third-order valence-electron chi connectivity index (χ3n) is 6.51. The van der Waals surface area contributed by atoms with Gasteiger partial charge in [0.15, 0.2) is 12.6 Å². The maximum atomic E-state index is 13.6. The highest BCUT2D eigenvalue weighted by molar-refractivity contribution is 5.98. The zero-order valence-corrected chi connectivity index (χ0v) is 23.6. The molecule has 0 radical (unpaired) electrons. The lowest BCUT2D eigenvalue weighted by Gasteiger charge is -2.23. The fourth-order valence-corrected chi connectivity index (χ4v) is 4.39. The van der Waals surface area contributed by atoms with Gasteiger partial charge >= 0.3 is 5.97 Å². The zero-order valence-electron chi connectivity index (χ0n) is 23.6. The first kappa shape index (κ1) is 30.6. The van der Waals surface area contributed by atoms with E-state index in [-0.39, 0.29) is 24.2 Å². The van der Waals surface area contributed by atoms with Gasteiger partial charge in [-0.15, -0.1) is 0 Å². The van der Waals surface area contributed by atoms with Gasteiger partial charge in [-0.1, -0.05) is 31.2 Å². The molecule has 0 saturated carbocycles. The van der Waals surface area contributed by atoms with Crippen molar-refractivity contribution in [2.75, 3.05) is 27.1 Å². The largest absolute Gasteiger partial charge is 0.493 e. The third kappa shape index (κ3) is 8.53. The van der Waals surface area contributed by atoms with Gasteiger partial charge in [-0.2, -0.15) is 0 Å². The van der Waals surface area contributed by atoms with Crippen molar-refractivity contribution in [1.29, 1.82) is 0 Å². The van der Waals surface area contributed by atoms with Crippen LogP contribution in [0.15, 0.2) is 30.4 Å². The summed E-state index contributed by atoms with van der Waals surface area (Å²) in [5, 5.41) is 13.6. The lowest BCUT2D eigenvalue weighted by Crippen LogP contribution is -2.34. The summed E-state index contributed by atoms with van der Waals surface area (Å²) in [6, 6.07) is 3.37. The smallest absolute Gasteiger partial charge is 0.342 e. The summed E-state index contributed by atoms with van der Waals surface area (Å²) >= 11 is 0. The number of ether oxygens (including phenoxy) is 6. The van der Waals surface area contributed by atoms with Gasteiger partial charge in [-0.05, 0) is 45.7 Å². The topological polar surface area (TPSA) is 122 Å². The number of hydrogen-bond acceptors (Lipinski definition) is 9. The average molecular weight is 548 g/mol. The Bertz CT molecular complexity index is 1050. The Morgan fingerprint density at radius 1 is 1.15 bits per heavy atom. The number of aliphatic hydroxyl groups is 1. The summed E-state index contributed by atoms with van der Waals surface area (Å²) in [4.78, 5) is 24.7. The fraction of sp³-hybridized carbons (Fsp3) is 0.586. The molecule has 1 unspecified atom stereocenters. The molecule has 2 N–H and O–H groups in total. The van der Waals surface area contributed by atoms with Crippen LogP contribution in [-0.2, 0) is 23.7 Å². The molecular formula is C29H41NO9. The van der Waals surface area contributed by atoms with Crippen LogP contribution in [0.2, 0.25) is 0 Å². The van der Waals surface area contributed by atoms with Crippen LogP contribution in [0, 0.1) is 5.92 Å². The number of rotatable bonds is 8. The van der Waals surface area contributed by atoms with Crippen LogP contribution in [0.25, 0.3) is 6.08 Å². The van der Waals surface area contributed by atoms with Crippen LogP contribution < -0.4 is 14.8 Å². The summed E-state index contributed by atoms with van der Waals surface area (Å²) in [5.41, 5.74) is 0.694. The lowest BCUT2D eigenvalue weighted by molar-refractivity contribution is -0.152. The molecule has 0 bridgehead atoms. The van der Waals surface area contributed by atoms with Crippen molar-refractivity contribution in [3.8, 4) is 11.5 Å². The van der Waals surface area contributed by atoms with Gasteiger partial charge in [0, 0.05) is 32.1 Å². The minimum absolute atomic E-state index is 0.0586. The van der Waals surface area contributed by atoms with Crippen molar-refractivity contribution >= 4 is 18.0 Å². The molecule has 1 amide bonds. The Balaban J connectivity index is 2.02. The monoisotopic (exact) mass is 547 g/mol. The second-order valence-corrected chi connectivity index (χ2v) is 10.2. The summed E-state index contributed by atoms with van der Waals surface area (Å²) in [6.45, 7) is 9.50. The van der Waals surface area contributed by atoms with E-state index in [4.69, 9.17) is 28.4 Å². The van der Waals surface area contributed by atoms with Gasteiger partial charge in [0.2, 0.25) is 5.91 Å². The van der Waals surface area contributed by atoms with Crippen LogP contribution in [0.4, 0.5) is 0 Å². The molecule has 0 aromatic heterocycles. The van der Waals surface area contributed by atoms with Gasteiger partial charge in [0.1, 0.15) is 35.4 Å². The van der Waals surface area contributed by atoms with Crippen LogP contribution in [-0.4, -0.2) is 74.2 Å². The fourth-order valence-electron chi connectivity index (χ4n) is 4.39. The predicted molar refractivity (Wildman–Crippen MR) is 144 cm³/mol. The SMILES string of the molecule is COCOc1ccc(OCCCNC(C)=O)c2c1C(=O)O[C@@H](C)[C@H](C)/C=C\C(O)[C@H]1OC(C)(C)O[C@H]1C/C=C/2. The number of benzene rings is 1. The number of fused-ring (bicyclic) bond motifs is 2. The second-order valence-electron chi connectivity index (χ2n) is 10.2. The van der Waals surface area contributed by atoms with E-state index in [1.165, 1.54) is 14.0 Å². The van der Waals surface area contributed by atoms with Crippen molar-refractivity contribution in [3.05, 3.63) is 41.5 Å². The number of nitrogens with one attached hydrogen (secondary N) is 1. The number of aliphatic hydroxyl groups excluding tert-OH is 1. The minimum Gasteiger partial charge on any atom is -0.493 e. The predicted octanol–water partition coefficient (Wildman–Crippen LogP) is 3.61. The second kappa shape index (κ2) is 13.9. The quantitative estimate of drug-likeness (QED) is 0.218. The molecule has 10 nitrogen and oxygen atoms in total. The highest BCUT2D eigenvalue weighted by Gasteiger charge is 2.43. The molecule has 10 heteroatoms. The number of carbonyl (C=O) groups excluding carboxylic acids is 2. The highest BCUT2D eigenvalue weighted by Crippen LogP contribution is 2.36. The molecule has 1 aromatic carbocycles. The van der Waals surface area contributed by atoms with Crippen LogP contribution in [0.5, 0.6) is 11.5 Å². The normalized spacial score (nSPS) is 28.3. The summed E-state index contributed by atoms with van der Waals surface area (Å²) in [7, 11) is 1.50. The summed E-state index contributed by atoms with van der Waals surface area (Å²) in [5.74, 6) is -0.987. The van der Waals surface area contributed by atoms with E-state index < -0.39 is 36.2 Å². The van der Waals surface area contributed by atoms with E-state index in [0.29, 0.717) is 43.1 Å². The van der Waals surface area contributed by atoms with E-state index in [2.05, 4.69) is 5.32 Å². The Kier molecular flexibility index (Phi) is 10.9. The van der Waals surface area contributed by atoms with Gasteiger partial charge in [0.05, 0.1) is 12.7 Å². The highest BCUT2D eigenvalue weighted by atomic mass is 16.8. The molecule has 0 spiro atoms. The number of methoxy groups -OCH3 is 1. The van der Waals surface area contributed by atoms with Gasteiger partial charge in [-0.25, -0.2) is 4.79 Å². The van der Waals surface area contributed by atoms with E-state index >= 15 is 0 Å². The third-order valence-corrected chi connectivity index (χ3v) is 6.51. The molecule has 1 fully saturated rings. The Hall–Kier alpha value is -2.92. The number of cyclic esters (lactones) is 1. The molecule has 1 aromatic rings. The minimum atomic E-state index is -0.901. The Labute approximate surface area is 230 Å². The number of carbonyl (C=O) groups is 2. The van der Waals surface area contributed by atoms with Crippen LogP contribution in [0.1, 0.15) is 63.4 Å². The first-order valence-corrected chi connectivity index (χ1v) is 13.3. The molecular weight excluding hydrogens is 506 g/mol. The van der Waals surface area contributed by atoms with Gasteiger partial charge < -0.3 is 38.8 Å². The summed E-state index contributed by atoms with van der Waals surface area (Å²) < 4.78 is 34.8. The van der Waals surface area contributed by atoms with Crippen LogP contribution >= 0.6 is 0 Å². The first-order valence-electron chi connectivity index (χ1n) is 13.3. The van der Waals surface area contributed by atoms with Crippen molar-refractivity contribution in [1.82, 2.24) is 5.32 Å². The molecule has 1 saturated heterocycles. The van der Waals surface area contributed by atoms with Crippen molar-refractivity contribution in [3.63, 3.8) is 0 Å². The number of amides is 1. The molecule has 0 aliphatic carbocycles. The van der Waals surface area contributed by atoms with Crippen molar-refractivity contribution in [2.45, 2.75) is 77.7 Å². The van der Waals surface area contributed by atoms with Gasteiger partial charge in [0.25, 0.3) is 0 Å². The first-order chi connectivity index (χ1) is 18.5. The molecule has 39 heavy (non-hydrogen) atoms. The zero-order chi connectivity index (χ0) is 28.6. The number of hydrogen-bond donors (Lipinski definition) is 2. The van der Waals surface area contributed by atoms with E-state index in [1.807, 2.05) is 32.9 Å². The van der Waals surface area contributed by atoms with E-state index in [0.717, 1.165) is 0 Å². The lowest BCUT2D eigenvalue weighted by atomic mass is 9.98. The molecule has 2 aliphatic heterocycles. The number of esters is 1. The molecule has 2 aliphatic rings. The molecule has 2 heterocycles. The van der Waals surface area contributed by atoms with Gasteiger partial charge in [-0.3, -0.25) is 4.79 Å².